The molecule has 2 aromatic heterocycles. The van der Waals surface area contributed by atoms with E-state index < -0.39 is 0 Å². The van der Waals surface area contributed by atoms with Crippen LogP contribution in [0.5, 0.6) is 0 Å². The second kappa shape index (κ2) is 4.18. The third-order valence-electron chi connectivity index (χ3n) is 3.80. The third-order valence-corrected chi connectivity index (χ3v) is 4.72. The number of aromatic nitrogens is 2. The van der Waals surface area contributed by atoms with E-state index in [0.29, 0.717) is 0 Å². The van der Waals surface area contributed by atoms with Crippen molar-refractivity contribution in [3.8, 4) is 11.1 Å². The number of anilines is 1. The average molecular weight is 379 g/mol. The number of rotatable bonds is 0. The van der Waals surface area contributed by atoms with Crippen LogP contribution in [0.1, 0.15) is 5.56 Å². The molecule has 0 atom stereocenters. The summed E-state index contributed by atoms with van der Waals surface area (Å²) in [6, 6.07) is 6.93. The van der Waals surface area contributed by atoms with Crippen LogP contribution in [0.15, 0.2) is 30.5 Å². The van der Waals surface area contributed by atoms with Crippen LogP contribution in [-0.2, 0) is 6.54 Å². The highest BCUT2D eigenvalue weighted by Gasteiger charge is 2.23. The van der Waals surface area contributed by atoms with Crippen LogP contribution in [-0.4, -0.2) is 17.0 Å². The molecule has 3 nitrogen and oxygen atoms in total. The monoisotopic (exact) mass is 379 g/mol. The minimum absolute atomic E-state index is 0.212. The van der Waals surface area contributed by atoms with E-state index in [9.17, 15) is 4.39 Å². The fraction of sp³-hybridized carbons (Fsp3) is 0.133. The maximum Gasteiger partial charge on any atom is 0.139 e. The number of nitrogens with zero attached hydrogens (tertiary/aromatic N) is 2. The fourth-order valence-corrected chi connectivity index (χ4v) is 3.60. The van der Waals surface area contributed by atoms with Crippen LogP contribution >= 0.6 is 22.6 Å². The van der Waals surface area contributed by atoms with Gasteiger partial charge in [0.05, 0.1) is 3.70 Å². The van der Waals surface area contributed by atoms with Crippen LogP contribution in [0.4, 0.5) is 10.1 Å². The second-order valence-electron chi connectivity index (χ2n) is 5.02. The highest BCUT2D eigenvalue weighted by molar-refractivity contribution is 14.1. The van der Waals surface area contributed by atoms with Crippen molar-refractivity contribution < 1.29 is 4.39 Å². The zero-order valence-electron chi connectivity index (χ0n) is 10.7. The molecule has 0 unspecified atom stereocenters. The van der Waals surface area contributed by atoms with Gasteiger partial charge in [0.2, 0.25) is 0 Å². The molecule has 1 aliphatic heterocycles. The highest BCUT2D eigenvalue weighted by Crippen LogP contribution is 2.41. The number of nitrogens with one attached hydrogen (secondary N) is 1. The van der Waals surface area contributed by atoms with Crippen LogP contribution in [0.2, 0.25) is 0 Å². The minimum atomic E-state index is -0.212. The molecule has 1 aromatic carbocycles. The Labute approximate surface area is 129 Å². The fourth-order valence-electron chi connectivity index (χ4n) is 2.90. The number of pyridine rings is 1. The predicted octanol–water partition coefficient (Wildman–Crippen LogP) is 3.92. The molecule has 0 saturated carbocycles. The summed E-state index contributed by atoms with van der Waals surface area (Å²) in [5.74, 6) is -0.212. The van der Waals surface area contributed by atoms with E-state index in [2.05, 4.69) is 37.5 Å². The number of hydrogen-bond donors (Lipinski definition) is 1. The van der Waals surface area contributed by atoms with E-state index in [1.165, 1.54) is 11.6 Å². The van der Waals surface area contributed by atoms with E-state index >= 15 is 0 Å². The van der Waals surface area contributed by atoms with Gasteiger partial charge in [-0.25, -0.2) is 9.37 Å². The van der Waals surface area contributed by atoms with E-state index in [-0.39, 0.29) is 5.82 Å². The normalized spacial score (nSPS) is 13.4. The molecule has 20 heavy (non-hydrogen) atoms. The lowest BCUT2D eigenvalue weighted by molar-refractivity contribution is 0.628. The van der Waals surface area contributed by atoms with Gasteiger partial charge in [-0.2, -0.15) is 0 Å². The Kier molecular flexibility index (Phi) is 2.54. The molecule has 0 saturated heterocycles. The van der Waals surface area contributed by atoms with Gasteiger partial charge in [0.25, 0.3) is 0 Å². The number of fused-ring (bicyclic) bond motifs is 2. The summed E-state index contributed by atoms with van der Waals surface area (Å²) < 4.78 is 14.8. The molecular formula is C15H11FIN3. The van der Waals surface area contributed by atoms with Gasteiger partial charge in [0, 0.05) is 42.0 Å². The Hall–Kier alpha value is -1.63. The lowest BCUT2D eigenvalue weighted by atomic mass is 10.0. The second-order valence-corrected chi connectivity index (χ2v) is 6.10. The molecule has 0 bridgehead atoms. The quantitative estimate of drug-likeness (QED) is 0.601. The van der Waals surface area contributed by atoms with Gasteiger partial charge in [0.15, 0.2) is 0 Å². The first-order chi connectivity index (χ1) is 9.65. The first-order valence-electron chi connectivity index (χ1n) is 6.31. The summed E-state index contributed by atoms with van der Waals surface area (Å²) in [6.45, 7) is 0.787. The molecule has 0 radical (unpaired) electrons. The van der Waals surface area contributed by atoms with Gasteiger partial charge < -0.3 is 9.88 Å². The number of halogens is 2. The van der Waals surface area contributed by atoms with Gasteiger partial charge in [-0.15, -0.1) is 0 Å². The molecule has 0 aliphatic carbocycles. The van der Waals surface area contributed by atoms with E-state index in [1.807, 2.05) is 19.2 Å². The molecule has 1 aliphatic rings. The summed E-state index contributed by atoms with van der Waals surface area (Å²) >= 11 is 2.30. The molecular weight excluding hydrogens is 368 g/mol. The minimum Gasteiger partial charge on any atom is -0.370 e. The SMILES string of the molecule is CN1Cc2c(I)[nH]c3nccc(c23)-c2cc(F)ccc21. The molecule has 4 rings (SSSR count). The van der Waals surface area contributed by atoms with Crippen LogP contribution in [0.3, 0.4) is 0 Å². The van der Waals surface area contributed by atoms with Gasteiger partial charge >= 0.3 is 0 Å². The zero-order chi connectivity index (χ0) is 13.9. The molecule has 0 spiro atoms. The zero-order valence-corrected chi connectivity index (χ0v) is 12.9. The summed E-state index contributed by atoms with van der Waals surface area (Å²) in [6.07, 6.45) is 1.77. The Morgan fingerprint density at radius 1 is 1.30 bits per heavy atom. The first-order valence-corrected chi connectivity index (χ1v) is 7.39. The van der Waals surface area contributed by atoms with Gasteiger partial charge in [0.1, 0.15) is 11.5 Å². The Balaban J connectivity index is 2.18. The number of H-pyrrole nitrogens is 1. The molecule has 3 aromatic rings. The van der Waals surface area contributed by atoms with Crippen LogP contribution in [0.25, 0.3) is 22.2 Å². The van der Waals surface area contributed by atoms with Crippen molar-refractivity contribution in [3.05, 3.63) is 45.5 Å². The van der Waals surface area contributed by atoms with Gasteiger partial charge in [-0.3, -0.25) is 0 Å². The number of benzene rings is 1. The molecule has 1 N–H and O–H groups in total. The van der Waals surface area contributed by atoms with Gasteiger partial charge in [-0.05, 0) is 52.4 Å². The Morgan fingerprint density at radius 3 is 3.00 bits per heavy atom. The molecule has 100 valence electrons. The lowest BCUT2D eigenvalue weighted by Crippen LogP contribution is -2.16. The molecule has 0 fully saturated rings. The van der Waals surface area contributed by atoms with E-state index in [4.69, 9.17) is 0 Å². The maximum atomic E-state index is 13.7. The smallest absolute Gasteiger partial charge is 0.139 e. The molecule has 5 heteroatoms. The van der Waals surface area contributed by atoms with Crippen molar-refractivity contribution in [1.82, 2.24) is 9.97 Å². The highest BCUT2D eigenvalue weighted by atomic mass is 127. The predicted molar refractivity (Wildman–Crippen MR) is 86.3 cm³/mol. The van der Waals surface area contributed by atoms with Gasteiger partial charge in [-0.1, -0.05) is 0 Å². The van der Waals surface area contributed by atoms with Crippen LogP contribution in [0, 0.1) is 9.52 Å². The summed E-state index contributed by atoms with van der Waals surface area (Å²) in [7, 11) is 2.03. The molecule has 0 amide bonds. The van der Waals surface area contributed by atoms with E-state index in [1.54, 1.807) is 12.3 Å². The number of aromatic amines is 1. The third kappa shape index (κ3) is 1.59. The number of hydrogen-bond acceptors (Lipinski definition) is 2. The summed E-state index contributed by atoms with van der Waals surface area (Å²) in [5.41, 5.74) is 5.11. The maximum absolute atomic E-state index is 13.7. The van der Waals surface area contributed by atoms with Crippen molar-refractivity contribution in [2.24, 2.45) is 0 Å². The summed E-state index contributed by atoms with van der Waals surface area (Å²) in [4.78, 5) is 9.85. The molecule has 3 heterocycles. The largest absolute Gasteiger partial charge is 0.370 e. The van der Waals surface area contributed by atoms with Crippen molar-refractivity contribution in [2.75, 3.05) is 11.9 Å². The van der Waals surface area contributed by atoms with E-state index in [0.717, 1.165) is 38.1 Å². The topological polar surface area (TPSA) is 31.9 Å². The van der Waals surface area contributed by atoms with Crippen molar-refractivity contribution in [1.29, 1.82) is 0 Å². The Morgan fingerprint density at radius 2 is 2.15 bits per heavy atom. The van der Waals surface area contributed by atoms with Crippen molar-refractivity contribution >= 4 is 39.3 Å². The summed E-state index contributed by atoms with van der Waals surface area (Å²) in [5, 5.41) is 1.10. The standard InChI is InChI=1S/C15H11FIN3/c1-20-7-11-13-9(4-5-18-15(13)19-14(11)17)10-6-8(16)2-3-12(10)20/h2-6H,7H2,1H3,(H,18,19). The van der Waals surface area contributed by atoms with Crippen LogP contribution < -0.4 is 4.90 Å². The Bertz CT molecular complexity index is 840. The van der Waals surface area contributed by atoms with Crippen molar-refractivity contribution in [2.45, 2.75) is 6.54 Å². The average Bonchev–Trinajstić information content (AvgIpc) is 2.67. The lowest BCUT2D eigenvalue weighted by Gasteiger charge is -2.20. The van der Waals surface area contributed by atoms with Crippen molar-refractivity contribution in [3.63, 3.8) is 0 Å². The first kappa shape index (κ1) is 12.1.